The average molecular weight is 359 g/mol. The molecule has 0 aliphatic carbocycles. The van der Waals surface area contributed by atoms with Crippen LogP contribution in [0, 0.1) is 0 Å². The summed E-state index contributed by atoms with van der Waals surface area (Å²) in [5.74, 6) is 2.97. The third-order valence-electron chi connectivity index (χ3n) is 3.92. The van der Waals surface area contributed by atoms with Crippen LogP contribution in [0.25, 0.3) is 0 Å². The number of hydrogen-bond acceptors (Lipinski definition) is 4. The minimum absolute atomic E-state index is 0.0278. The Morgan fingerprint density at radius 2 is 1.56 bits per heavy atom. The number of carbonyl (C=O) groups is 1. The van der Waals surface area contributed by atoms with Crippen molar-refractivity contribution < 1.29 is 14.3 Å². The van der Waals surface area contributed by atoms with Crippen molar-refractivity contribution in [1.29, 1.82) is 0 Å². The maximum atomic E-state index is 12.2. The van der Waals surface area contributed by atoms with E-state index in [4.69, 9.17) is 9.47 Å². The molecule has 2 aromatic rings. The Kier molecular flexibility index (Phi) is 7.67. The van der Waals surface area contributed by atoms with Gasteiger partial charge in [-0.05, 0) is 41.8 Å². The van der Waals surface area contributed by atoms with Crippen molar-refractivity contribution in [2.75, 3.05) is 20.0 Å². The lowest BCUT2D eigenvalue weighted by Gasteiger charge is -2.17. The Morgan fingerprint density at radius 3 is 2.08 bits per heavy atom. The van der Waals surface area contributed by atoms with Gasteiger partial charge in [0.2, 0.25) is 5.91 Å². The first kappa shape index (κ1) is 19.2. The maximum absolute atomic E-state index is 12.2. The van der Waals surface area contributed by atoms with Gasteiger partial charge >= 0.3 is 0 Å². The lowest BCUT2D eigenvalue weighted by molar-refractivity contribution is -0.119. The molecule has 134 valence electrons. The summed E-state index contributed by atoms with van der Waals surface area (Å²) >= 11 is 1.61. The molecule has 25 heavy (non-hydrogen) atoms. The van der Waals surface area contributed by atoms with Gasteiger partial charge < -0.3 is 14.8 Å². The Bertz CT molecular complexity index is 656. The van der Waals surface area contributed by atoms with Gasteiger partial charge in [0.05, 0.1) is 26.0 Å². The highest BCUT2D eigenvalue weighted by Gasteiger charge is 2.12. The van der Waals surface area contributed by atoms with Crippen molar-refractivity contribution in [2.45, 2.75) is 25.1 Å². The van der Waals surface area contributed by atoms with Crippen LogP contribution in [0.15, 0.2) is 48.5 Å². The number of amides is 1. The first-order valence-electron chi connectivity index (χ1n) is 8.30. The summed E-state index contributed by atoms with van der Waals surface area (Å²) < 4.78 is 10.3. The number of methoxy groups -OCH3 is 2. The topological polar surface area (TPSA) is 47.6 Å². The van der Waals surface area contributed by atoms with Gasteiger partial charge in [0.15, 0.2) is 0 Å². The molecule has 0 radical (unpaired) electrons. The molecule has 0 heterocycles. The van der Waals surface area contributed by atoms with Crippen LogP contribution in [0.2, 0.25) is 0 Å². The zero-order chi connectivity index (χ0) is 18.1. The molecule has 2 rings (SSSR count). The Morgan fingerprint density at radius 1 is 1.00 bits per heavy atom. The highest BCUT2D eigenvalue weighted by molar-refractivity contribution is 7.99. The van der Waals surface area contributed by atoms with Gasteiger partial charge in [0.25, 0.3) is 0 Å². The van der Waals surface area contributed by atoms with Crippen molar-refractivity contribution >= 4 is 17.7 Å². The van der Waals surface area contributed by atoms with E-state index in [0.717, 1.165) is 29.2 Å². The van der Waals surface area contributed by atoms with Crippen LogP contribution in [0.3, 0.4) is 0 Å². The van der Waals surface area contributed by atoms with E-state index in [-0.39, 0.29) is 11.9 Å². The quantitative estimate of drug-likeness (QED) is 0.729. The molecule has 0 spiro atoms. The van der Waals surface area contributed by atoms with E-state index in [9.17, 15) is 4.79 Å². The van der Waals surface area contributed by atoms with Gasteiger partial charge in [0, 0.05) is 5.75 Å². The monoisotopic (exact) mass is 359 g/mol. The summed E-state index contributed by atoms with van der Waals surface area (Å²) in [5.41, 5.74) is 2.28. The van der Waals surface area contributed by atoms with E-state index >= 15 is 0 Å². The van der Waals surface area contributed by atoms with Crippen LogP contribution < -0.4 is 14.8 Å². The van der Waals surface area contributed by atoms with E-state index in [1.807, 2.05) is 48.5 Å². The molecule has 4 nitrogen and oxygen atoms in total. The molecule has 0 aliphatic rings. The largest absolute Gasteiger partial charge is 0.497 e. The lowest BCUT2D eigenvalue weighted by Crippen LogP contribution is -2.29. The summed E-state index contributed by atoms with van der Waals surface area (Å²) in [6.45, 7) is 2.07. The van der Waals surface area contributed by atoms with E-state index in [2.05, 4.69) is 12.2 Å². The summed E-state index contributed by atoms with van der Waals surface area (Å²) in [5, 5.41) is 3.10. The summed E-state index contributed by atoms with van der Waals surface area (Å²) in [6.07, 6.45) is 0.848. The van der Waals surface area contributed by atoms with Crippen molar-refractivity contribution in [3.05, 3.63) is 59.7 Å². The Balaban J connectivity index is 1.80. The number of carbonyl (C=O) groups excluding carboxylic acids is 1. The number of nitrogens with one attached hydrogen (secondary N) is 1. The first-order chi connectivity index (χ1) is 12.2. The van der Waals surface area contributed by atoms with Gasteiger partial charge in [-0.15, -0.1) is 11.8 Å². The van der Waals surface area contributed by atoms with Gasteiger partial charge in [-0.3, -0.25) is 4.79 Å². The van der Waals surface area contributed by atoms with E-state index < -0.39 is 0 Å². The van der Waals surface area contributed by atoms with Crippen molar-refractivity contribution in [3.63, 3.8) is 0 Å². The van der Waals surface area contributed by atoms with Crippen molar-refractivity contribution in [2.24, 2.45) is 0 Å². The zero-order valence-electron chi connectivity index (χ0n) is 15.0. The fourth-order valence-electron chi connectivity index (χ4n) is 2.48. The van der Waals surface area contributed by atoms with Crippen LogP contribution in [-0.2, 0) is 10.5 Å². The molecule has 2 aromatic carbocycles. The van der Waals surface area contributed by atoms with Gasteiger partial charge in [-0.1, -0.05) is 31.2 Å². The Hall–Kier alpha value is -2.14. The fourth-order valence-corrected chi connectivity index (χ4v) is 3.28. The number of thioether (sulfide) groups is 1. The number of hydrogen-bond donors (Lipinski definition) is 1. The number of benzene rings is 2. The maximum Gasteiger partial charge on any atom is 0.230 e. The van der Waals surface area contributed by atoms with Gasteiger partial charge in [0.1, 0.15) is 11.5 Å². The second-order valence-corrected chi connectivity index (χ2v) is 6.63. The molecule has 0 aliphatic heterocycles. The van der Waals surface area contributed by atoms with E-state index in [1.165, 1.54) is 5.56 Å². The second kappa shape index (κ2) is 9.99. The van der Waals surface area contributed by atoms with Crippen LogP contribution in [0.4, 0.5) is 0 Å². The first-order valence-corrected chi connectivity index (χ1v) is 9.45. The van der Waals surface area contributed by atoms with Crippen LogP contribution in [0.1, 0.15) is 30.5 Å². The normalized spacial score (nSPS) is 11.6. The lowest BCUT2D eigenvalue weighted by atomic mass is 10.0. The van der Waals surface area contributed by atoms with E-state index in [0.29, 0.717) is 5.75 Å². The standard InChI is InChI=1S/C20H25NO3S/c1-4-19(16-7-11-18(24-3)12-8-16)21-20(22)14-25-13-15-5-9-17(23-2)10-6-15/h5-12,19H,4,13-14H2,1-3H3,(H,21,22). The third-order valence-corrected chi connectivity index (χ3v) is 4.93. The highest BCUT2D eigenvalue weighted by Crippen LogP contribution is 2.21. The second-order valence-electron chi connectivity index (χ2n) is 5.64. The molecule has 1 atom stereocenters. The van der Waals surface area contributed by atoms with Crippen LogP contribution in [0.5, 0.6) is 11.5 Å². The molecule has 0 fully saturated rings. The van der Waals surface area contributed by atoms with Crippen LogP contribution >= 0.6 is 11.8 Å². The van der Waals surface area contributed by atoms with Gasteiger partial charge in [-0.25, -0.2) is 0 Å². The SMILES string of the molecule is CCC(NC(=O)CSCc1ccc(OC)cc1)c1ccc(OC)cc1. The molecule has 0 bridgehead atoms. The predicted molar refractivity (Wildman–Crippen MR) is 103 cm³/mol. The average Bonchev–Trinajstić information content (AvgIpc) is 2.66. The number of rotatable bonds is 9. The fraction of sp³-hybridized carbons (Fsp3) is 0.350. The predicted octanol–water partition coefficient (Wildman–Crippen LogP) is 4.20. The molecule has 1 unspecified atom stereocenters. The molecule has 5 heteroatoms. The molecular weight excluding hydrogens is 334 g/mol. The van der Waals surface area contributed by atoms with Crippen molar-refractivity contribution in [3.8, 4) is 11.5 Å². The summed E-state index contributed by atoms with van der Waals surface area (Å²) in [7, 11) is 3.30. The van der Waals surface area contributed by atoms with Gasteiger partial charge in [-0.2, -0.15) is 0 Å². The third kappa shape index (κ3) is 6.02. The summed E-state index contributed by atoms with van der Waals surface area (Å²) in [4.78, 5) is 12.2. The minimum atomic E-state index is 0.0278. The summed E-state index contributed by atoms with van der Waals surface area (Å²) in [6, 6.07) is 15.8. The number of ether oxygens (including phenoxy) is 2. The Labute approximate surface area is 153 Å². The van der Waals surface area contributed by atoms with Crippen molar-refractivity contribution in [1.82, 2.24) is 5.32 Å². The molecule has 0 saturated heterocycles. The molecule has 0 aromatic heterocycles. The smallest absolute Gasteiger partial charge is 0.230 e. The molecular formula is C20H25NO3S. The molecule has 1 amide bonds. The minimum Gasteiger partial charge on any atom is -0.497 e. The van der Waals surface area contributed by atoms with Crippen LogP contribution in [-0.4, -0.2) is 25.9 Å². The highest BCUT2D eigenvalue weighted by atomic mass is 32.2. The van der Waals surface area contributed by atoms with E-state index in [1.54, 1.807) is 26.0 Å². The molecule has 1 N–H and O–H groups in total. The zero-order valence-corrected chi connectivity index (χ0v) is 15.8. The molecule has 0 saturated carbocycles.